The van der Waals surface area contributed by atoms with Crippen LogP contribution in [0.1, 0.15) is 12.2 Å². The van der Waals surface area contributed by atoms with Gasteiger partial charge in [-0.05, 0) is 37.1 Å². The number of piperidine rings is 1. The zero-order valence-corrected chi connectivity index (χ0v) is 20.9. The Labute approximate surface area is 215 Å². The number of rotatable bonds is 6. The van der Waals surface area contributed by atoms with Crippen molar-refractivity contribution in [1.82, 2.24) is 29.0 Å². The lowest BCUT2D eigenvalue weighted by Gasteiger charge is -2.42. The van der Waals surface area contributed by atoms with Gasteiger partial charge in [-0.25, -0.2) is 13.9 Å². The van der Waals surface area contributed by atoms with Crippen molar-refractivity contribution >= 4 is 22.5 Å². The summed E-state index contributed by atoms with van der Waals surface area (Å²) in [5, 5.41) is 7.64. The summed E-state index contributed by atoms with van der Waals surface area (Å²) in [6.07, 6.45) is -3.15. The molecule has 0 unspecified atom stereocenters. The van der Waals surface area contributed by atoms with E-state index in [-0.39, 0.29) is 23.7 Å². The van der Waals surface area contributed by atoms with Gasteiger partial charge in [-0.15, -0.1) is 5.10 Å². The van der Waals surface area contributed by atoms with Crippen molar-refractivity contribution < 1.29 is 27.0 Å². The van der Waals surface area contributed by atoms with Crippen LogP contribution >= 0.6 is 0 Å². The number of fused-ring (bicyclic) bond motifs is 2. The molecule has 202 valence electrons. The molecule has 9 nitrogen and oxygen atoms in total. The number of methoxy groups -OCH3 is 1. The third kappa shape index (κ3) is 4.53. The van der Waals surface area contributed by atoms with Crippen LogP contribution in [-0.4, -0.2) is 86.9 Å². The first kappa shape index (κ1) is 24.9. The lowest BCUT2D eigenvalue weighted by atomic mass is 10.0. The summed E-state index contributed by atoms with van der Waals surface area (Å²) in [4.78, 5) is 10.9. The second-order valence-corrected chi connectivity index (χ2v) is 9.77. The highest BCUT2D eigenvalue weighted by Gasteiger charge is 2.36. The number of nitrogens with one attached hydrogen (secondary N) is 1. The minimum absolute atomic E-state index is 0.235. The first-order valence-electron chi connectivity index (χ1n) is 12.4. The maximum atomic E-state index is 15.0. The molecular formula is C25H27F4N7O2. The summed E-state index contributed by atoms with van der Waals surface area (Å²) < 4.78 is 68.1. The summed E-state index contributed by atoms with van der Waals surface area (Å²) in [6.45, 7) is 2.80. The molecule has 5 heterocycles. The minimum Gasteiger partial charge on any atom is -0.479 e. The predicted octanol–water partition coefficient (Wildman–Crippen LogP) is 3.85. The van der Waals surface area contributed by atoms with Gasteiger partial charge in [0, 0.05) is 24.8 Å². The van der Waals surface area contributed by atoms with Crippen LogP contribution in [0.15, 0.2) is 30.5 Å². The van der Waals surface area contributed by atoms with Gasteiger partial charge in [-0.3, -0.25) is 4.90 Å². The lowest BCUT2D eigenvalue weighted by molar-refractivity contribution is -0.140. The van der Waals surface area contributed by atoms with Crippen LogP contribution in [0.5, 0.6) is 5.88 Å². The molecule has 0 radical (unpaired) electrons. The van der Waals surface area contributed by atoms with Gasteiger partial charge in [-0.1, -0.05) is 6.07 Å². The average Bonchev–Trinajstić information content (AvgIpc) is 3.39. The van der Waals surface area contributed by atoms with Crippen molar-refractivity contribution in [2.45, 2.75) is 44.3 Å². The summed E-state index contributed by atoms with van der Waals surface area (Å²) in [7, 11) is 1.48. The highest BCUT2D eigenvalue weighted by molar-refractivity contribution is 5.89. The largest absolute Gasteiger partial charge is 0.479 e. The number of imidazole rings is 1. The second kappa shape index (κ2) is 9.38. The van der Waals surface area contributed by atoms with Crippen molar-refractivity contribution in [3.8, 4) is 17.0 Å². The molecule has 0 amide bonds. The fraction of sp³-hybridized carbons (Fsp3) is 0.480. The van der Waals surface area contributed by atoms with E-state index in [1.54, 1.807) is 41.9 Å². The van der Waals surface area contributed by atoms with Gasteiger partial charge in [0.05, 0.1) is 43.4 Å². The monoisotopic (exact) mass is 533 g/mol. The van der Waals surface area contributed by atoms with E-state index in [2.05, 4.69) is 25.3 Å². The number of aromatic nitrogens is 5. The normalized spacial score (nSPS) is 21.2. The van der Waals surface area contributed by atoms with Gasteiger partial charge in [0.1, 0.15) is 24.1 Å². The number of nitrogens with zero attached hydrogens (tertiary/aromatic N) is 6. The van der Waals surface area contributed by atoms with Crippen LogP contribution in [0.3, 0.4) is 0 Å². The highest BCUT2D eigenvalue weighted by Crippen LogP contribution is 2.34. The molecule has 2 aliphatic rings. The minimum atomic E-state index is -4.38. The maximum absolute atomic E-state index is 15.0. The van der Waals surface area contributed by atoms with Gasteiger partial charge in [0.2, 0.25) is 11.8 Å². The van der Waals surface area contributed by atoms with Crippen LogP contribution < -0.4 is 10.1 Å². The number of ether oxygens (including phenoxy) is 2. The van der Waals surface area contributed by atoms with E-state index >= 15 is 0 Å². The van der Waals surface area contributed by atoms with E-state index in [0.717, 1.165) is 11.1 Å². The second-order valence-electron chi connectivity index (χ2n) is 9.77. The smallest absolute Gasteiger partial charge is 0.406 e. The Morgan fingerprint density at radius 1 is 1.18 bits per heavy atom. The van der Waals surface area contributed by atoms with E-state index < -0.39 is 24.9 Å². The van der Waals surface area contributed by atoms with E-state index in [1.165, 1.54) is 7.11 Å². The van der Waals surface area contributed by atoms with E-state index in [1.807, 2.05) is 0 Å². The third-order valence-corrected chi connectivity index (χ3v) is 7.28. The van der Waals surface area contributed by atoms with Crippen molar-refractivity contribution in [1.29, 1.82) is 0 Å². The Hall–Kier alpha value is -3.45. The standard InChI is InChI=1S/C25H27F4N7O2/c1-14-30-20-4-3-15(9-21(20)35(14)13-25(27,28)29)17-5-8-36-22(17)23(37-2)32-24(33-36)31-19-6-7-34(10-18(19)26)16-11-38-12-16/h3-5,8-9,16,18-19H,6-7,10-13H2,1-2H3,(H,31,33)/t18-,19-/m1/s1. The van der Waals surface area contributed by atoms with Crippen LogP contribution in [-0.2, 0) is 11.3 Å². The number of hydrogen-bond donors (Lipinski definition) is 1. The molecule has 4 aromatic rings. The molecule has 3 aromatic heterocycles. The highest BCUT2D eigenvalue weighted by atomic mass is 19.4. The molecule has 1 N–H and O–H groups in total. The average molecular weight is 534 g/mol. The molecule has 0 spiro atoms. The molecule has 2 fully saturated rings. The van der Waals surface area contributed by atoms with Crippen LogP contribution in [0.25, 0.3) is 27.7 Å². The van der Waals surface area contributed by atoms with Crippen LogP contribution in [0.4, 0.5) is 23.5 Å². The number of halogens is 4. The fourth-order valence-electron chi connectivity index (χ4n) is 5.24. The molecule has 2 aliphatic heterocycles. The Balaban J connectivity index is 1.30. The molecule has 2 saturated heterocycles. The van der Waals surface area contributed by atoms with Crippen LogP contribution in [0.2, 0.25) is 0 Å². The van der Waals surface area contributed by atoms with Crippen LogP contribution in [0, 0.1) is 6.92 Å². The van der Waals surface area contributed by atoms with Crippen molar-refractivity contribution in [2.75, 3.05) is 38.7 Å². The van der Waals surface area contributed by atoms with E-state index in [0.29, 0.717) is 53.9 Å². The molecule has 6 rings (SSSR count). The number of aryl methyl sites for hydroxylation is 1. The van der Waals surface area contributed by atoms with Gasteiger partial charge in [0.25, 0.3) is 0 Å². The van der Waals surface area contributed by atoms with E-state index in [9.17, 15) is 17.6 Å². The summed E-state index contributed by atoms with van der Waals surface area (Å²) in [5.41, 5.74) is 2.76. The number of alkyl halides is 4. The molecule has 0 bridgehead atoms. The summed E-state index contributed by atoms with van der Waals surface area (Å²) in [6, 6.07) is 6.81. The van der Waals surface area contributed by atoms with E-state index in [4.69, 9.17) is 9.47 Å². The number of hydrogen-bond acceptors (Lipinski definition) is 7. The zero-order valence-electron chi connectivity index (χ0n) is 20.9. The first-order valence-corrected chi connectivity index (χ1v) is 12.4. The quantitative estimate of drug-likeness (QED) is 0.377. The SMILES string of the molecule is COc1nc(N[C@@H]2CCN(C3COC3)C[C@H]2F)nn2ccc(-c3ccc4nc(C)n(CC(F)(F)F)c4c3)c12. The summed E-state index contributed by atoms with van der Waals surface area (Å²) >= 11 is 0. The maximum Gasteiger partial charge on any atom is 0.406 e. The number of likely N-dealkylation sites (tertiary alicyclic amines) is 1. The molecule has 2 atom stereocenters. The Bertz CT molecular complexity index is 1480. The number of anilines is 1. The molecule has 0 aliphatic carbocycles. The zero-order chi connectivity index (χ0) is 26.6. The third-order valence-electron chi connectivity index (χ3n) is 7.28. The summed E-state index contributed by atoms with van der Waals surface area (Å²) in [5.74, 6) is 0.784. The molecular weight excluding hydrogens is 506 g/mol. The van der Waals surface area contributed by atoms with Crippen molar-refractivity contribution in [3.63, 3.8) is 0 Å². The van der Waals surface area contributed by atoms with Crippen molar-refractivity contribution in [3.05, 3.63) is 36.3 Å². The topological polar surface area (TPSA) is 81.7 Å². The Morgan fingerprint density at radius 3 is 2.68 bits per heavy atom. The molecule has 13 heteroatoms. The lowest BCUT2D eigenvalue weighted by Crippen LogP contribution is -2.57. The first-order chi connectivity index (χ1) is 18.2. The number of benzene rings is 1. The molecule has 38 heavy (non-hydrogen) atoms. The fourth-order valence-corrected chi connectivity index (χ4v) is 5.24. The Kier molecular flexibility index (Phi) is 6.14. The van der Waals surface area contributed by atoms with Crippen molar-refractivity contribution in [2.24, 2.45) is 0 Å². The Morgan fingerprint density at radius 2 is 2.00 bits per heavy atom. The molecule has 1 aromatic carbocycles. The molecule has 0 saturated carbocycles. The van der Waals surface area contributed by atoms with Gasteiger partial charge < -0.3 is 19.4 Å². The van der Waals surface area contributed by atoms with Gasteiger partial charge >= 0.3 is 6.18 Å². The van der Waals surface area contributed by atoms with Gasteiger partial charge in [0.15, 0.2) is 0 Å². The predicted molar refractivity (Wildman–Crippen MR) is 132 cm³/mol. The van der Waals surface area contributed by atoms with Gasteiger partial charge in [-0.2, -0.15) is 18.2 Å².